The van der Waals surface area contributed by atoms with Crippen LogP contribution in [0.3, 0.4) is 0 Å². The molecule has 0 aliphatic carbocycles. The molecule has 0 N–H and O–H groups in total. The van der Waals surface area contributed by atoms with Gasteiger partial charge >= 0.3 is 0 Å². The lowest BCUT2D eigenvalue weighted by Crippen LogP contribution is -2.30. The number of oxazole rings is 1. The van der Waals surface area contributed by atoms with Crippen LogP contribution in [-0.4, -0.2) is 22.3 Å². The summed E-state index contributed by atoms with van der Waals surface area (Å²) in [5, 5.41) is 0. The largest absolute Gasteiger partial charge is 0.459 e. The van der Waals surface area contributed by atoms with Gasteiger partial charge in [0.25, 0.3) is 5.91 Å². The number of fused-ring (bicyclic) bond motifs is 1. The third-order valence-corrected chi connectivity index (χ3v) is 5.39. The first-order valence-corrected chi connectivity index (χ1v) is 9.52. The molecule has 1 atom stereocenters. The Morgan fingerprint density at radius 3 is 2.86 bits per heavy atom. The molecule has 140 valence electrons. The van der Waals surface area contributed by atoms with Crippen molar-refractivity contribution in [2.75, 3.05) is 6.54 Å². The van der Waals surface area contributed by atoms with E-state index in [4.69, 9.17) is 13.8 Å². The van der Waals surface area contributed by atoms with Gasteiger partial charge in [-0.3, -0.25) is 4.79 Å². The highest BCUT2D eigenvalue weighted by molar-refractivity contribution is 5.92. The summed E-state index contributed by atoms with van der Waals surface area (Å²) in [5.41, 5.74) is 5.07. The summed E-state index contributed by atoms with van der Waals surface area (Å²) in [6.45, 7) is 2.78. The number of likely N-dealkylation sites (tertiary alicyclic amines) is 1. The third kappa shape index (κ3) is 2.80. The first-order valence-electron chi connectivity index (χ1n) is 9.52. The van der Waals surface area contributed by atoms with Crippen molar-refractivity contribution in [3.63, 3.8) is 0 Å². The SMILES string of the molecule is Cc1ccccc1-c1ccc2oc(C3CCCN3C(=O)c3ccco3)nc2c1. The lowest BCUT2D eigenvalue weighted by Gasteiger charge is -2.20. The molecule has 1 amide bonds. The molecule has 1 unspecified atom stereocenters. The average molecular weight is 372 g/mol. The Bertz CT molecular complexity index is 1140. The molecule has 2 aromatic heterocycles. The Morgan fingerprint density at radius 1 is 1.14 bits per heavy atom. The van der Waals surface area contributed by atoms with Gasteiger partial charge in [-0.05, 0) is 60.7 Å². The molecule has 3 heterocycles. The van der Waals surface area contributed by atoms with Crippen molar-refractivity contribution in [1.29, 1.82) is 0 Å². The molecule has 5 heteroatoms. The maximum atomic E-state index is 12.7. The summed E-state index contributed by atoms with van der Waals surface area (Å²) in [7, 11) is 0. The van der Waals surface area contributed by atoms with Crippen LogP contribution in [0.1, 0.15) is 40.9 Å². The van der Waals surface area contributed by atoms with Crippen LogP contribution < -0.4 is 0 Å². The molecule has 5 rings (SSSR count). The number of hydrogen-bond acceptors (Lipinski definition) is 4. The second-order valence-electron chi connectivity index (χ2n) is 7.18. The number of carbonyl (C=O) groups excluding carboxylic acids is 1. The van der Waals surface area contributed by atoms with Crippen molar-refractivity contribution in [3.8, 4) is 11.1 Å². The second-order valence-corrected chi connectivity index (χ2v) is 7.18. The molecule has 1 fully saturated rings. The minimum Gasteiger partial charge on any atom is -0.459 e. The van der Waals surface area contributed by atoms with Gasteiger partial charge in [-0.1, -0.05) is 30.3 Å². The summed E-state index contributed by atoms with van der Waals surface area (Å²) in [4.78, 5) is 19.3. The van der Waals surface area contributed by atoms with Crippen LogP contribution in [-0.2, 0) is 0 Å². The Balaban J connectivity index is 1.49. The topological polar surface area (TPSA) is 59.5 Å². The van der Waals surface area contributed by atoms with Gasteiger partial charge in [0.05, 0.1) is 6.26 Å². The first-order chi connectivity index (χ1) is 13.7. The summed E-state index contributed by atoms with van der Waals surface area (Å²) in [6, 6.07) is 17.6. The summed E-state index contributed by atoms with van der Waals surface area (Å²) in [5.74, 6) is 0.828. The molecule has 0 saturated carbocycles. The van der Waals surface area contributed by atoms with E-state index >= 15 is 0 Å². The molecule has 4 aromatic rings. The Kier molecular flexibility index (Phi) is 4.01. The van der Waals surface area contributed by atoms with Crippen molar-refractivity contribution in [3.05, 3.63) is 78.1 Å². The van der Waals surface area contributed by atoms with Gasteiger partial charge in [0.1, 0.15) is 11.6 Å². The highest BCUT2D eigenvalue weighted by Gasteiger charge is 2.35. The van der Waals surface area contributed by atoms with Gasteiger partial charge < -0.3 is 13.7 Å². The van der Waals surface area contributed by atoms with E-state index in [2.05, 4.69) is 31.2 Å². The predicted octanol–water partition coefficient (Wildman–Crippen LogP) is 5.37. The zero-order valence-electron chi connectivity index (χ0n) is 15.6. The maximum Gasteiger partial charge on any atom is 0.290 e. The fraction of sp³-hybridized carbons (Fsp3) is 0.217. The van der Waals surface area contributed by atoms with E-state index in [-0.39, 0.29) is 11.9 Å². The number of furan rings is 1. The zero-order chi connectivity index (χ0) is 19.1. The maximum absolute atomic E-state index is 12.7. The minimum atomic E-state index is -0.160. The second kappa shape index (κ2) is 6.68. The van der Waals surface area contributed by atoms with Crippen molar-refractivity contribution in [2.24, 2.45) is 0 Å². The number of hydrogen-bond donors (Lipinski definition) is 0. The predicted molar refractivity (Wildman–Crippen MR) is 106 cm³/mol. The number of rotatable bonds is 3. The highest BCUT2D eigenvalue weighted by Crippen LogP contribution is 2.35. The Labute approximate surface area is 162 Å². The smallest absolute Gasteiger partial charge is 0.290 e. The van der Waals surface area contributed by atoms with Crippen LogP contribution in [0.4, 0.5) is 0 Å². The number of carbonyl (C=O) groups is 1. The van der Waals surface area contributed by atoms with Crippen molar-refractivity contribution in [1.82, 2.24) is 9.88 Å². The normalized spacial score (nSPS) is 16.8. The third-order valence-electron chi connectivity index (χ3n) is 5.39. The average Bonchev–Trinajstić information content (AvgIpc) is 3.47. The van der Waals surface area contributed by atoms with Crippen LogP contribution in [0.15, 0.2) is 69.7 Å². The Morgan fingerprint density at radius 2 is 2.04 bits per heavy atom. The van der Waals surface area contributed by atoms with Crippen LogP contribution in [0.25, 0.3) is 22.2 Å². The molecule has 0 spiro atoms. The van der Waals surface area contributed by atoms with Gasteiger partial charge in [0.15, 0.2) is 11.3 Å². The highest BCUT2D eigenvalue weighted by atomic mass is 16.4. The molecule has 1 aliphatic heterocycles. The number of benzene rings is 2. The van der Waals surface area contributed by atoms with E-state index in [9.17, 15) is 4.79 Å². The zero-order valence-corrected chi connectivity index (χ0v) is 15.6. The molecule has 0 radical (unpaired) electrons. The lowest BCUT2D eigenvalue weighted by molar-refractivity contribution is 0.0684. The van der Waals surface area contributed by atoms with Crippen LogP contribution in [0.2, 0.25) is 0 Å². The first kappa shape index (κ1) is 16.8. The standard InChI is InChI=1S/C23H20N2O3/c1-15-6-2-3-7-17(15)16-10-11-20-18(14-16)24-22(28-20)19-8-4-12-25(19)23(26)21-9-5-13-27-21/h2-3,5-7,9-11,13-14,19H,4,8,12H2,1H3. The summed E-state index contributed by atoms with van der Waals surface area (Å²) >= 11 is 0. The molecular formula is C23H20N2O3. The number of amides is 1. The number of aromatic nitrogens is 1. The number of aryl methyl sites for hydroxylation is 1. The molecule has 1 aliphatic rings. The van der Waals surface area contributed by atoms with E-state index in [1.165, 1.54) is 17.4 Å². The number of nitrogens with zero attached hydrogens (tertiary/aromatic N) is 2. The van der Waals surface area contributed by atoms with Crippen molar-refractivity contribution < 1.29 is 13.6 Å². The lowest BCUT2D eigenvalue weighted by atomic mass is 10.0. The molecule has 28 heavy (non-hydrogen) atoms. The van der Waals surface area contributed by atoms with Crippen LogP contribution in [0.5, 0.6) is 0 Å². The van der Waals surface area contributed by atoms with E-state index < -0.39 is 0 Å². The van der Waals surface area contributed by atoms with Gasteiger partial charge in [0.2, 0.25) is 5.89 Å². The molecule has 5 nitrogen and oxygen atoms in total. The van der Waals surface area contributed by atoms with E-state index in [1.807, 2.05) is 18.2 Å². The fourth-order valence-corrected chi connectivity index (χ4v) is 3.96. The van der Waals surface area contributed by atoms with E-state index in [0.29, 0.717) is 18.2 Å². The van der Waals surface area contributed by atoms with Gasteiger partial charge in [-0.2, -0.15) is 0 Å². The van der Waals surface area contributed by atoms with Gasteiger partial charge in [0, 0.05) is 6.54 Å². The molecule has 0 bridgehead atoms. The van der Waals surface area contributed by atoms with Gasteiger partial charge in [-0.15, -0.1) is 0 Å². The van der Waals surface area contributed by atoms with Crippen molar-refractivity contribution in [2.45, 2.75) is 25.8 Å². The quantitative estimate of drug-likeness (QED) is 0.485. The van der Waals surface area contributed by atoms with E-state index in [1.54, 1.807) is 17.0 Å². The van der Waals surface area contributed by atoms with Gasteiger partial charge in [-0.25, -0.2) is 4.98 Å². The van der Waals surface area contributed by atoms with Crippen LogP contribution in [0, 0.1) is 6.92 Å². The van der Waals surface area contributed by atoms with Crippen LogP contribution >= 0.6 is 0 Å². The van der Waals surface area contributed by atoms with E-state index in [0.717, 1.165) is 29.5 Å². The monoisotopic (exact) mass is 372 g/mol. The molecular weight excluding hydrogens is 352 g/mol. The minimum absolute atomic E-state index is 0.115. The summed E-state index contributed by atoms with van der Waals surface area (Å²) < 4.78 is 11.3. The molecule has 2 aromatic carbocycles. The fourth-order valence-electron chi connectivity index (χ4n) is 3.96. The Hall–Kier alpha value is -3.34. The summed E-state index contributed by atoms with van der Waals surface area (Å²) in [6.07, 6.45) is 3.28. The van der Waals surface area contributed by atoms with Crippen molar-refractivity contribution >= 4 is 17.0 Å². The molecule has 1 saturated heterocycles.